The van der Waals surface area contributed by atoms with Crippen molar-refractivity contribution < 1.29 is 28.2 Å². The molecule has 1 unspecified atom stereocenters. The second-order valence-electron chi connectivity index (χ2n) is 5.89. The molecule has 1 aromatic heterocycles. The summed E-state index contributed by atoms with van der Waals surface area (Å²) in [6.07, 6.45) is 1.25. The van der Waals surface area contributed by atoms with Crippen LogP contribution < -0.4 is 15.4 Å². The Bertz CT molecular complexity index is 872. The van der Waals surface area contributed by atoms with Gasteiger partial charge >= 0.3 is 6.09 Å². The van der Waals surface area contributed by atoms with Crippen LogP contribution in [0.5, 0.6) is 11.6 Å². The van der Waals surface area contributed by atoms with Gasteiger partial charge in [0.15, 0.2) is 17.9 Å². The molecule has 8 nitrogen and oxygen atoms in total. The van der Waals surface area contributed by atoms with Crippen molar-refractivity contribution >= 4 is 24.0 Å². The van der Waals surface area contributed by atoms with Crippen molar-refractivity contribution in [2.75, 3.05) is 11.4 Å². The molecule has 0 saturated carbocycles. The summed E-state index contributed by atoms with van der Waals surface area (Å²) in [6, 6.07) is 6.96. The van der Waals surface area contributed by atoms with E-state index in [1.54, 1.807) is 0 Å². The zero-order valence-electron chi connectivity index (χ0n) is 14.1. The predicted molar refractivity (Wildman–Crippen MR) is 92.1 cm³/mol. The van der Waals surface area contributed by atoms with Crippen molar-refractivity contribution in [2.45, 2.75) is 18.9 Å². The first kappa shape index (κ1) is 18.3. The van der Waals surface area contributed by atoms with Gasteiger partial charge in [-0.3, -0.25) is 14.5 Å². The number of ether oxygens (including phenoxy) is 2. The molecule has 3 rings (SSSR count). The van der Waals surface area contributed by atoms with Crippen LogP contribution in [0.1, 0.15) is 23.2 Å². The van der Waals surface area contributed by atoms with Crippen LogP contribution in [0, 0.1) is 5.82 Å². The van der Waals surface area contributed by atoms with Gasteiger partial charge < -0.3 is 15.2 Å². The van der Waals surface area contributed by atoms with E-state index in [0.29, 0.717) is 24.0 Å². The molecule has 1 aromatic carbocycles. The Morgan fingerprint density at radius 3 is 2.85 bits per heavy atom. The largest absolute Gasteiger partial charge is 0.444 e. The standard InChI is InChI=1S/C18H16FN3O5/c19-14-7-12(22-9-13(26-18(22)25)3-5-16(20)24)2-4-15(14)27-17-6-1-11(10-23)8-21-17/h1-2,4,6-8,10,13H,3,5,9H2,(H2,20,24). The Balaban J connectivity index is 1.69. The number of benzene rings is 1. The monoisotopic (exact) mass is 373 g/mol. The average Bonchev–Trinajstić information content (AvgIpc) is 3.03. The molecule has 1 atom stereocenters. The highest BCUT2D eigenvalue weighted by Crippen LogP contribution is 2.30. The number of cyclic esters (lactones) is 1. The third kappa shape index (κ3) is 4.38. The molecule has 1 aliphatic rings. The van der Waals surface area contributed by atoms with Gasteiger partial charge in [-0.25, -0.2) is 14.2 Å². The van der Waals surface area contributed by atoms with Gasteiger partial charge in [0.2, 0.25) is 11.8 Å². The minimum absolute atomic E-state index is 0.0806. The highest BCUT2D eigenvalue weighted by Gasteiger charge is 2.32. The first-order chi connectivity index (χ1) is 13.0. The number of aromatic nitrogens is 1. The Morgan fingerprint density at radius 2 is 2.22 bits per heavy atom. The molecule has 1 saturated heterocycles. The van der Waals surface area contributed by atoms with Crippen molar-refractivity contribution in [3.8, 4) is 11.6 Å². The number of halogens is 1. The molecule has 1 fully saturated rings. The average molecular weight is 373 g/mol. The zero-order chi connectivity index (χ0) is 19.4. The molecule has 2 aromatic rings. The summed E-state index contributed by atoms with van der Waals surface area (Å²) in [6.45, 7) is 0.195. The van der Waals surface area contributed by atoms with Gasteiger partial charge in [0.05, 0.1) is 12.2 Å². The number of hydrogen-bond donors (Lipinski definition) is 1. The van der Waals surface area contributed by atoms with E-state index < -0.39 is 23.9 Å². The Morgan fingerprint density at radius 1 is 1.41 bits per heavy atom. The van der Waals surface area contributed by atoms with Gasteiger partial charge in [-0.05, 0) is 24.6 Å². The topological polar surface area (TPSA) is 112 Å². The summed E-state index contributed by atoms with van der Waals surface area (Å²) in [5, 5.41) is 0. The summed E-state index contributed by atoms with van der Waals surface area (Å²) < 4.78 is 24.9. The molecule has 2 N–H and O–H groups in total. The van der Waals surface area contributed by atoms with Gasteiger partial charge in [-0.2, -0.15) is 0 Å². The molecule has 9 heteroatoms. The van der Waals surface area contributed by atoms with Gasteiger partial charge in [-0.15, -0.1) is 0 Å². The second kappa shape index (κ2) is 7.81. The van der Waals surface area contributed by atoms with Gasteiger partial charge in [-0.1, -0.05) is 0 Å². The summed E-state index contributed by atoms with van der Waals surface area (Å²) in [4.78, 5) is 38.6. The lowest BCUT2D eigenvalue weighted by Gasteiger charge is -2.14. The maximum absolute atomic E-state index is 14.4. The van der Waals surface area contributed by atoms with E-state index in [-0.39, 0.29) is 24.6 Å². The van der Waals surface area contributed by atoms with E-state index in [1.807, 2.05) is 0 Å². The van der Waals surface area contributed by atoms with Crippen LogP contribution in [-0.4, -0.2) is 35.9 Å². The number of nitrogens with zero attached hydrogens (tertiary/aromatic N) is 2. The maximum Gasteiger partial charge on any atom is 0.414 e. The molecule has 0 spiro atoms. The first-order valence-electron chi connectivity index (χ1n) is 8.11. The molecule has 2 heterocycles. The van der Waals surface area contributed by atoms with Gasteiger partial charge in [0.25, 0.3) is 0 Å². The van der Waals surface area contributed by atoms with E-state index in [4.69, 9.17) is 15.2 Å². The van der Waals surface area contributed by atoms with E-state index in [2.05, 4.69) is 4.98 Å². The first-order valence-corrected chi connectivity index (χ1v) is 8.11. The van der Waals surface area contributed by atoms with Crippen molar-refractivity contribution in [3.63, 3.8) is 0 Å². The number of rotatable bonds is 7. The number of anilines is 1. The quantitative estimate of drug-likeness (QED) is 0.746. The van der Waals surface area contributed by atoms with Crippen molar-refractivity contribution in [1.82, 2.24) is 4.98 Å². The summed E-state index contributed by atoms with van der Waals surface area (Å²) in [7, 11) is 0. The van der Waals surface area contributed by atoms with Gasteiger partial charge in [0.1, 0.15) is 6.10 Å². The van der Waals surface area contributed by atoms with E-state index in [9.17, 15) is 18.8 Å². The van der Waals surface area contributed by atoms with Crippen LogP contribution in [0.3, 0.4) is 0 Å². The number of nitrogens with two attached hydrogens (primary N) is 1. The molecule has 0 radical (unpaired) electrons. The number of amides is 2. The lowest BCUT2D eigenvalue weighted by atomic mass is 10.2. The molecule has 140 valence electrons. The van der Waals surface area contributed by atoms with E-state index in [0.717, 1.165) is 6.07 Å². The number of hydrogen-bond acceptors (Lipinski definition) is 6. The lowest BCUT2D eigenvalue weighted by molar-refractivity contribution is -0.118. The van der Waals surface area contributed by atoms with Gasteiger partial charge in [0, 0.05) is 30.3 Å². The smallest absolute Gasteiger partial charge is 0.414 e. The third-order valence-electron chi connectivity index (χ3n) is 3.92. The Labute approximate surface area is 153 Å². The number of carbonyl (C=O) groups excluding carboxylic acids is 3. The van der Waals surface area contributed by atoms with Crippen LogP contribution in [-0.2, 0) is 9.53 Å². The molecule has 1 aliphatic heterocycles. The highest BCUT2D eigenvalue weighted by molar-refractivity contribution is 5.89. The SMILES string of the molecule is NC(=O)CCC1CN(c2ccc(Oc3ccc(C=O)cn3)c(F)c2)C(=O)O1. The molecule has 0 aliphatic carbocycles. The lowest BCUT2D eigenvalue weighted by Crippen LogP contribution is -2.25. The number of primary amides is 1. The number of carbonyl (C=O) groups is 3. The second-order valence-corrected chi connectivity index (χ2v) is 5.89. The summed E-state index contributed by atoms with van der Waals surface area (Å²) >= 11 is 0. The normalized spacial score (nSPS) is 16.1. The maximum atomic E-state index is 14.4. The van der Waals surface area contributed by atoms with Crippen LogP contribution in [0.2, 0.25) is 0 Å². The molecule has 27 heavy (non-hydrogen) atoms. The molecular weight excluding hydrogens is 357 g/mol. The zero-order valence-corrected chi connectivity index (χ0v) is 14.1. The predicted octanol–water partition coefficient (Wildman–Crippen LogP) is 2.42. The van der Waals surface area contributed by atoms with Crippen LogP contribution in [0.15, 0.2) is 36.5 Å². The third-order valence-corrected chi connectivity index (χ3v) is 3.92. The summed E-state index contributed by atoms with van der Waals surface area (Å²) in [5.41, 5.74) is 5.76. The van der Waals surface area contributed by atoms with Crippen molar-refractivity contribution in [2.24, 2.45) is 5.73 Å². The van der Waals surface area contributed by atoms with Crippen LogP contribution >= 0.6 is 0 Å². The fourth-order valence-corrected chi connectivity index (χ4v) is 2.56. The Kier molecular flexibility index (Phi) is 5.30. The van der Waals surface area contributed by atoms with Crippen molar-refractivity contribution in [3.05, 3.63) is 47.9 Å². The van der Waals surface area contributed by atoms with E-state index in [1.165, 1.54) is 35.4 Å². The van der Waals surface area contributed by atoms with E-state index >= 15 is 0 Å². The molecule has 2 amide bonds. The summed E-state index contributed by atoms with van der Waals surface area (Å²) in [5.74, 6) is -1.13. The number of pyridine rings is 1. The minimum Gasteiger partial charge on any atom is -0.444 e. The van der Waals surface area contributed by atoms with Crippen LogP contribution in [0.25, 0.3) is 0 Å². The Hall–Kier alpha value is -3.49. The molecule has 0 bridgehead atoms. The molecular formula is C18H16FN3O5. The minimum atomic E-state index is -0.692. The fraction of sp³-hybridized carbons (Fsp3) is 0.222. The highest BCUT2D eigenvalue weighted by atomic mass is 19.1. The van der Waals surface area contributed by atoms with Crippen LogP contribution in [0.4, 0.5) is 14.9 Å². The van der Waals surface area contributed by atoms with Crippen molar-refractivity contribution in [1.29, 1.82) is 0 Å². The fourth-order valence-electron chi connectivity index (χ4n) is 2.56. The number of aldehydes is 1.